The van der Waals surface area contributed by atoms with Gasteiger partial charge in [-0.1, -0.05) is 60.7 Å². The lowest BCUT2D eigenvalue weighted by molar-refractivity contribution is -0.180. The number of amides is 4. The molecule has 4 aromatic rings. The number of likely N-dealkylation sites (N-methyl/N-ethyl adjacent to an activating group) is 1. The molecule has 0 radical (unpaired) electrons. The van der Waals surface area contributed by atoms with Gasteiger partial charge in [-0.05, 0) is 80.3 Å². The van der Waals surface area contributed by atoms with Crippen molar-refractivity contribution in [2.45, 2.75) is 85.0 Å². The number of carbonyl (C=O) groups excluding carboxylic acids is 4. The minimum atomic E-state index is -1.29. The molecular formula is C39H51N5O7S. The monoisotopic (exact) mass is 733 g/mol. The van der Waals surface area contributed by atoms with E-state index in [9.17, 15) is 19.2 Å². The maximum atomic E-state index is 14.6. The van der Waals surface area contributed by atoms with Crippen LogP contribution < -0.4 is 16.1 Å². The van der Waals surface area contributed by atoms with Crippen LogP contribution in [0.2, 0.25) is 0 Å². The summed E-state index contributed by atoms with van der Waals surface area (Å²) in [6.07, 6.45) is -1.17. The molecule has 2 atom stereocenters. The first kappa shape index (κ1) is 40.2. The highest BCUT2D eigenvalue weighted by Crippen LogP contribution is 2.28. The Labute approximate surface area is 309 Å². The highest BCUT2D eigenvalue weighted by molar-refractivity contribution is 7.17. The zero-order valence-corrected chi connectivity index (χ0v) is 31.9. The highest BCUT2D eigenvalue weighted by atomic mass is 32.1. The number of benzene rings is 3. The Kier molecular flexibility index (Phi) is 14.5. The Bertz CT molecular complexity index is 1810. The van der Waals surface area contributed by atoms with Gasteiger partial charge in [0.15, 0.2) is 6.29 Å². The molecule has 4 amide bonds. The van der Waals surface area contributed by atoms with Crippen molar-refractivity contribution in [1.29, 1.82) is 0 Å². The van der Waals surface area contributed by atoms with Gasteiger partial charge >= 0.3 is 12.0 Å². The maximum absolute atomic E-state index is 14.6. The molecule has 0 aliphatic heterocycles. The van der Waals surface area contributed by atoms with Crippen molar-refractivity contribution in [1.82, 2.24) is 26.0 Å². The van der Waals surface area contributed by atoms with Gasteiger partial charge in [0, 0.05) is 38.1 Å². The van der Waals surface area contributed by atoms with Gasteiger partial charge in [-0.15, -0.1) is 11.3 Å². The van der Waals surface area contributed by atoms with Gasteiger partial charge in [0.1, 0.15) is 11.6 Å². The van der Waals surface area contributed by atoms with E-state index in [1.54, 1.807) is 37.0 Å². The van der Waals surface area contributed by atoms with Crippen LogP contribution in [0.1, 0.15) is 59.1 Å². The molecule has 0 saturated heterocycles. The number of thiophene rings is 1. The van der Waals surface area contributed by atoms with Gasteiger partial charge in [0.05, 0.1) is 19.0 Å². The molecule has 0 aliphatic rings. The van der Waals surface area contributed by atoms with E-state index in [1.165, 1.54) is 12.1 Å². The second kappa shape index (κ2) is 18.8. The summed E-state index contributed by atoms with van der Waals surface area (Å²) < 4.78 is 18.4. The van der Waals surface area contributed by atoms with Crippen LogP contribution >= 0.6 is 11.3 Å². The van der Waals surface area contributed by atoms with Crippen LogP contribution in [-0.2, 0) is 41.7 Å². The molecule has 3 N–H and O–H groups in total. The van der Waals surface area contributed by atoms with Gasteiger partial charge in [0.2, 0.25) is 11.8 Å². The normalized spacial score (nSPS) is 12.9. The van der Waals surface area contributed by atoms with Crippen molar-refractivity contribution in [2.75, 3.05) is 26.8 Å². The summed E-state index contributed by atoms with van der Waals surface area (Å²) in [5, 5.41) is 12.0. The summed E-state index contributed by atoms with van der Waals surface area (Å²) in [6, 6.07) is 19.3. The third-order valence-electron chi connectivity index (χ3n) is 8.15. The fourth-order valence-electron chi connectivity index (χ4n) is 5.84. The number of nitrogens with zero attached hydrogens (tertiary/aromatic N) is 2. The standard InChI is InChI=1S/C39H51N5O7S/c1-8-49-37(50-9-2)26(3)44(23-29-25-52-33-20-13-12-19-31(29)33)36(47)32(21-35(46)51-39(4,5)6)41-34(45)24-43(7)42-38(48)40-22-28-17-14-16-27-15-10-11-18-30(27)28/h10-20,25-26,32,37H,8-9,21-24H2,1-7H3,(H,41,45)(H2,40,42,48). The van der Waals surface area contributed by atoms with E-state index in [-0.39, 0.29) is 19.6 Å². The van der Waals surface area contributed by atoms with Crippen molar-refractivity contribution in [3.63, 3.8) is 0 Å². The fourth-order valence-corrected chi connectivity index (χ4v) is 6.80. The summed E-state index contributed by atoms with van der Waals surface area (Å²) in [4.78, 5) is 55.6. The Morgan fingerprint density at radius 2 is 1.52 bits per heavy atom. The fraction of sp³-hybridized carbons (Fsp3) is 0.436. The average Bonchev–Trinajstić information content (AvgIpc) is 3.50. The molecule has 1 aromatic heterocycles. The predicted molar refractivity (Wildman–Crippen MR) is 203 cm³/mol. The molecule has 4 rings (SSSR count). The number of carbonyl (C=O) groups is 4. The lowest BCUT2D eigenvalue weighted by Crippen LogP contribution is -2.56. The summed E-state index contributed by atoms with van der Waals surface area (Å²) >= 11 is 1.57. The average molecular weight is 734 g/mol. The lowest BCUT2D eigenvalue weighted by atomic mass is 10.0. The smallest absolute Gasteiger partial charge is 0.329 e. The molecule has 0 fully saturated rings. The summed E-state index contributed by atoms with van der Waals surface area (Å²) in [7, 11) is 1.53. The van der Waals surface area contributed by atoms with Crippen LogP contribution in [0.3, 0.4) is 0 Å². The van der Waals surface area contributed by atoms with Gasteiger partial charge in [-0.2, -0.15) is 0 Å². The largest absolute Gasteiger partial charge is 0.460 e. The van der Waals surface area contributed by atoms with E-state index in [1.807, 2.05) is 92.9 Å². The number of hydrazine groups is 1. The molecule has 0 aliphatic carbocycles. The van der Waals surface area contributed by atoms with Crippen molar-refractivity contribution in [3.8, 4) is 0 Å². The number of esters is 1. The molecule has 3 aromatic carbocycles. The number of rotatable bonds is 17. The van der Waals surface area contributed by atoms with E-state index in [0.717, 1.165) is 32.0 Å². The Hall–Kier alpha value is -4.56. The molecule has 280 valence electrons. The molecule has 0 saturated carbocycles. The predicted octanol–water partition coefficient (Wildman–Crippen LogP) is 5.73. The SMILES string of the molecule is CCOC(OCC)C(C)N(Cc1csc2ccccc12)C(=O)C(CC(=O)OC(C)(C)C)NC(=O)CN(C)NC(=O)NCc1cccc2ccccc12. The van der Waals surface area contributed by atoms with Crippen LogP contribution in [-0.4, -0.2) is 84.5 Å². The minimum absolute atomic E-state index is 0.180. The molecule has 13 heteroatoms. The molecule has 0 bridgehead atoms. The molecule has 1 heterocycles. The highest BCUT2D eigenvalue weighted by Gasteiger charge is 2.36. The topological polar surface area (TPSA) is 139 Å². The summed E-state index contributed by atoms with van der Waals surface area (Å²) in [5.74, 6) is -1.74. The third kappa shape index (κ3) is 11.5. The first-order valence-corrected chi connectivity index (χ1v) is 18.4. The van der Waals surface area contributed by atoms with Crippen molar-refractivity contribution in [3.05, 3.63) is 83.2 Å². The van der Waals surface area contributed by atoms with Crippen LogP contribution in [0.4, 0.5) is 4.79 Å². The van der Waals surface area contributed by atoms with Crippen LogP contribution in [0.15, 0.2) is 72.1 Å². The quantitative estimate of drug-likeness (QED) is 0.0711. The Morgan fingerprint density at radius 1 is 0.865 bits per heavy atom. The van der Waals surface area contributed by atoms with Crippen LogP contribution in [0.5, 0.6) is 0 Å². The van der Waals surface area contributed by atoms with Crippen LogP contribution in [0, 0.1) is 0 Å². The lowest BCUT2D eigenvalue weighted by Gasteiger charge is -2.36. The zero-order valence-electron chi connectivity index (χ0n) is 31.1. The molecule has 2 unspecified atom stereocenters. The number of ether oxygens (including phenoxy) is 3. The first-order valence-electron chi connectivity index (χ1n) is 17.5. The first-order chi connectivity index (χ1) is 24.8. The molecule has 52 heavy (non-hydrogen) atoms. The molecular weight excluding hydrogens is 683 g/mol. The Morgan fingerprint density at radius 3 is 2.21 bits per heavy atom. The number of hydrogen-bond acceptors (Lipinski definition) is 9. The minimum Gasteiger partial charge on any atom is -0.460 e. The van der Waals surface area contributed by atoms with Gasteiger partial charge < -0.3 is 29.7 Å². The number of fused-ring (bicyclic) bond motifs is 2. The van der Waals surface area contributed by atoms with Gasteiger partial charge in [-0.25, -0.2) is 9.80 Å². The van der Waals surface area contributed by atoms with Crippen molar-refractivity contribution in [2.24, 2.45) is 0 Å². The number of hydrogen-bond donors (Lipinski definition) is 3. The third-order valence-corrected chi connectivity index (χ3v) is 9.16. The van der Waals surface area contributed by atoms with Gasteiger partial charge in [0.25, 0.3) is 0 Å². The van der Waals surface area contributed by atoms with Crippen molar-refractivity contribution >= 4 is 56.0 Å². The van der Waals surface area contributed by atoms with E-state index < -0.39 is 54.2 Å². The molecule has 0 spiro atoms. The summed E-state index contributed by atoms with van der Waals surface area (Å²) in [5.41, 5.74) is 3.69. The Balaban J connectivity index is 1.51. The summed E-state index contributed by atoms with van der Waals surface area (Å²) in [6.45, 7) is 11.6. The second-order valence-corrected chi connectivity index (χ2v) is 14.4. The van der Waals surface area contributed by atoms with E-state index in [2.05, 4.69) is 16.1 Å². The van der Waals surface area contributed by atoms with Crippen molar-refractivity contribution < 1.29 is 33.4 Å². The van der Waals surface area contributed by atoms with E-state index >= 15 is 0 Å². The number of nitrogens with one attached hydrogen (secondary N) is 3. The van der Waals surface area contributed by atoms with Gasteiger partial charge in [-0.3, -0.25) is 19.8 Å². The van der Waals surface area contributed by atoms with E-state index in [4.69, 9.17) is 14.2 Å². The molecule has 12 nitrogen and oxygen atoms in total. The van der Waals surface area contributed by atoms with E-state index in [0.29, 0.717) is 13.2 Å². The second-order valence-electron chi connectivity index (χ2n) is 13.4. The van der Waals surface area contributed by atoms with Crippen LogP contribution in [0.25, 0.3) is 20.9 Å². The number of urea groups is 1. The maximum Gasteiger partial charge on any atom is 0.329 e. The zero-order chi connectivity index (χ0) is 37.8.